The van der Waals surface area contributed by atoms with Crippen LogP contribution < -0.4 is 5.32 Å². The predicted octanol–water partition coefficient (Wildman–Crippen LogP) is 4.12. The first-order valence-corrected chi connectivity index (χ1v) is 5.66. The molecule has 2 heteroatoms. The molecule has 1 N–H and O–H groups in total. The average Bonchev–Trinajstić information content (AvgIpc) is 2.20. The van der Waals surface area contributed by atoms with Gasteiger partial charge in [0, 0.05) is 11.7 Å². The third-order valence-corrected chi connectivity index (χ3v) is 2.59. The third kappa shape index (κ3) is 3.90. The zero-order valence-electron chi connectivity index (χ0n) is 9.81. The number of hydrogen-bond acceptors (Lipinski definition) is 1. The Labute approximate surface area is 91.7 Å². The van der Waals surface area contributed by atoms with Crippen molar-refractivity contribution in [3.63, 3.8) is 0 Å². The smallest absolute Gasteiger partial charge is 0.125 e. The van der Waals surface area contributed by atoms with Crippen molar-refractivity contribution in [1.82, 2.24) is 0 Å². The van der Waals surface area contributed by atoms with E-state index >= 15 is 0 Å². The monoisotopic (exact) mass is 209 g/mol. The summed E-state index contributed by atoms with van der Waals surface area (Å²) in [6.07, 6.45) is 3.54. The molecule has 0 radical (unpaired) electrons. The molecule has 84 valence electrons. The molecule has 0 saturated heterocycles. The molecule has 0 saturated carbocycles. The molecule has 0 aromatic heterocycles. The lowest BCUT2D eigenvalue weighted by Crippen LogP contribution is -2.15. The first-order valence-electron chi connectivity index (χ1n) is 5.66. The van der Waals surface area contributed by atoms with Crippen molar-refractivity contribution in [3.8, 4) is 0 Å². The minimum atomic E-state index is -0.175. The van der Waals surface area contributed by atoms with Crippen molar-refractivity contribution in [1.29, 1.82) is 0 Å². The second-order valence-electron chi connectivity index (χ2n) is 4.15. The van der Waals surface area contributed by atoms with Crippen molar-refractivity contribution in [2.24, 2.45) is 0 Å². The molecule has 0 bridgehead atoms. The largest absolute Gasteiger partial charge is 0.382 e. The number of hydrogen-bond donors (Lipinski definition) is 1. The van der Waals surface area contributed by atoms with Crippen molar-refractivity contribution in [3.05, 3.63) is 29.6 Å². The summed E-state index contributed by atoms with van der Waals surface area (Å²) in [6, 6.07) is 5.28. The number of anilines is 1. The second-order valence-corrected chi connectivity index (χ2v) is 4.15. The molecule has 1 atom stereocenters. The molecule has 0 fully saturated rings. The van der Waals surface area contributed by atoms with Gasteiger partial charge in [-0.25, -0.2) is 4.39 Å². The molecule has 0 aliphatic heterocycles. The normalized spacial score (nSPS) is 12.5. The number of benzene rings is 1. The zero-order chi connectivity index (χ0) is 11.3. The van der Waals surface area contributed by atoms with Crippen LogP contribution in [0.4, 0.5) is 10.1 Å². The summed E-state index contributed by atoms with van der Waals surface area (Å²) < 4.78 is 13.0. The minimum absolute atomic E-state index is 0.175. The number of nitrogens with one attached hydrogen (secondary N) is 1. The van der Waals surface area contributed by atoms with Crippen LogP contribution in [0.5, 0.6) is 0 Å². The van der Waals surface area contributed by atoms with E-state index in [2.05, 4.69) is 19.2 Å². The lowest BCUT2D eigenvalue weighted by atomic mass is 10.1. The highest BCUT2D eigenvalue weighted by molar-refractivity contribution is 5.51. The van der Waals surface area contributed by atoms with Crippen molar-refractivity contribution in [2.75, 3.05) is 5.32 Å². The Kier molecular flexibility index (Phi) is 4.60. The van der Waals surface area contributed by atoms with Crippen molar-refractivity contribution >= 4 is 5.69 Å². The summed E-state index contributed by atoms with van der Waals surface area (Å²) in [4.78, 5) is 0. The maximum absolute atomic E-state index is 13.0. The third-order valence-electron chi connectivity index (χ3n) is 2.59. The molecular formula is C13H20FN. The molecule has 0 spiro atoms. The van der Waals surface area contributed by atoms with Gasteiger partial charge in [0.25, 0.3) is 0 Å². The molecule has 0 amide bonds. The van der Waals surface area contributed by atoms with Gasteiger partial charge in [-0.1, -0.05) is 25.8 Å². The summed E-state index contributed by atoms with van der Waals surface area (Å²) in [6.45, 7) is 6.31. The van der Waals surface area contributed by atoms with E-state index in [0.717, 1.165) is 17.7 Å². The lowest BCUT2D eigenvalue weighted by molar-refractivity contribution is 0.623. The van der Waals surface area contributed by atoms with Gasteiger partial charge in [0.15, 0.2) is 0 Å². The Morgan fingerprint density at radius 2 is 2.13 bits per heavy atom. The van der Waals surface area contributed by atoms with Gasteiger partial charge in [-0.3, -0.25) is 0 Å². The number of halogens is 1. The Morgan fingerprint density at radius 3 is 2.80 bits per heavy atom. The quantitative estimate of drug-likeness (QED) is 0.769. The Bertz CT molecular complexity index is 309. The van der Waals surface area contributed by atoms with Crippen LogP contribution in [0.3, 0.4) is 0 Å². The van der Waals surface area contributed by atoms with Gasteiger partial charge < -0.3 is 5.32 Å². The van der Waals surface area contributed by atoms with Gasteiger partial charge in [-0.2, -0.15) is 0 Å². The summed E-state index contributed by atoms with van der Waals surface area (Å²) in [5.41, 5.74) is 2.01. The molecule has 15 heavy (non-hydrogen) atoms. The van der Waals surface area contributed by atoms with Crippen LogP contribution in [0, 0.1) is 12.7 Å². The first kappa shape index (κ1) is 12.0. The number of rotatable bonds is 5. The molecular weight excluding hydrogens is 189 g/mol. The van der Waals surface area contributed by atoms with E-state index < -0.39 is 0 Å². The molecule has 1 rings (SSSR count). The van der Waals surface area contributed by atoms with Gasteiger partial charge >= 0.3 is 0 Å². The molecule has 1 aromatic carbocycles. The van der Waals surface area contributed by atoms with Crippen LogP contribution in [-0.4, -0.2) is 6.04 Å². The van der Waals surface area contributed by atoms with Crippen LogP contribution >= 0.6 is 0 Å². The van der Waals surface area contributed by atoms with Crippen molar-refractivity contribution < 1.29 is 4.39 Å². The van der Waals surface area contributed by atoms with E-state index in [1.165, 1.54) is 18.9 Å². The molecule has 0 aliphatic rings. The fraction of sp³-hybridized carbons (Fsp3) is 0.538. The topological polar surface area (TPSA) is 12.0 Å². The van der Waals surface area contributed by atoms with Crippen LogP contribution in [0.2, 0.25) is 0 Å². The van der Waals surface area contributed by atoms with Gasteiger partial charge in [-0.05, 0) is 38.0 Å². The summed E-state index contributed by atoms with van der Waals surface area (Å²) in [7, 11) is 0. The van der Waals surface area contributed by atoms with E-state index in [-0.39, 0.29) is 5.82 Å². The Balaban J connectivity index is 2.59. The highest BCUT2D eigenvalue weighted by atomic mass is 19.1. The van der Waals surface area contributed by atoms with Gasteiger partial charge in [-0.15, -0.1) is 0 Å². The highest BCUT2D eigenvalue weighted by Gasteiger charge is 2.04. The Hall–Kier alpha value is -1.05. The summed E-state index contributed by atoms with van der Waals surface area (Å²) >= 11 is 0. The minimum Gasteiger partial charge on any atom is -0.382 e. The molecule has 1 aromatic rings. The number of aryl methyl sites for hydroxylation is 1. The molecule has 0 heterocycles. The molecule has 0 aliphatic carbocycles. The maximum Gasteiger partial charge on any atom is 0.125 e. The second kappa shape index (κ2) is 5.74. The average molecular weight is 209 g/mol. The zero-order valence-corrected chi connectivity index (χ0v) is 9.81. The van der Waals surface area contributed by atoms with Crippen molar-refractivity contribution in [2.45, 2.75) is 46.1 Å². The number of unbranched alkanes of at least 4 members (excludes halogenated alkanes) is 1. The fourth-order valence-corrected chi connectivity index (χ4v) is 1.60. The van der Waals surface area contributed by atoms with E-state index in [1.54, 1.807) is 6.07 Å². The molecule has 1 unspecified atom stereocenters. The summed E-state index contributed by atoms with van der Waals surface area (Å²) in [5.74, 6) is -0.175. The Morgan fingerprint density at radius 1 is 1.40 bits per heavy atom. The van der Waals surface area contributed by atoms with Gasteiger partial charge in [0.2, 0.25) is 0 Å². The predicted molar refractivity (Wildman–Crippen MR) is 63.7 cm³/mol. The standard InChI is InChI=1S/C13H20FN/c1-4-5-6-11(3)15-13-9-12(14)8-7-10(13)2/h7-9,11,15H,4-6H2,1-3H3. The maximum atomic E-state index is 13.0. The fourth-order valence-electron chi connectivity index (χ4n) is 1.60. The summed E-state index contributed by atoms with van der Waals surface area (Å²) in [5, 5.41) is 3.35. The first-order chi connectivity index (χ1) is 7.13. The van der Waals surface area contributed by atoms with Gasteiger partial charge in [0.1, 0.15) is 5.82 Å². The van der Waals surface area contributed by atoms with Crippen LogP contribution in [0.25, 0.3) is 0 Å². The van der Waals surface area contributed by atoms with E-state index in [1.807, 2.05) is 13.0 Å². The van der Waals surface area contributed by atoms with Crippen LogP contribution in [0.1, 0.15) is 38.7 Å². The van der Waals surface area contributed by atoms with E-state index in [4.69, 9.17) is 0 Å². The molecule has 1 nitrogen and oxygen atoms in total. The lowest BCUT2D eigenvalue weighted by Gasteiger charge is -2.16. The SMILES string of the molecule is CCCCC(C)Nc1cc(F)ccc1C. The van der Waals surface area contributed by atoms with Crippen LogP contribution in [-0.2, 0) is 0 Å². The van der Waals surface area contributed by atoms with E-state index in [0.29, 0.717) is 6.04 Å². The van der Waals surface area contributed by atoms with Gasteiger partial charge in [0.05, 0.1) is 0 Å². The van der Waals surface area contributed by atoms with Crippen LogP contribution in [0.15, 0.2) is 18.2 Å². The highest BCUT2D eigenvalue weighted by Crippen LogP contribution is 2.18. The van der Waals surface area contributed by atoms with E-state index in [9.17, 15) is 4.39 Å².